The molecule has 4 rings (SSSR count). The number of urea groups is 1. The number of carbonyl (C=O) groups excluding carboxylic acids is 3. The number of rotatable bonds is 5. The van der Waals surface area contributed by atoms with Crippen molar-refractivity contribution in [3.8, 4) is 0 Å². The molecular formula is C17H17N5O3. The van der Waals surface area contributed by atoms with E-state index in [2.05, 4.69) is 20.8 Å². The first-order chi connectivity index (χ1) is 12.1. The van der Waals surface area contributed by atoms with Gasteiger partial charge in [0, 0.05) is 23.4 Å². The first kappa shape index (κ1) is 15.4. The molecule has 0 bridgehead atoms. The van der Waals surface area contributed by atoms with Crippen molar-refractivity contribution in [3.63, 3.8) is 0 Å². The number of aromatic amines is 1. The molecule has 3 N–H and O–H groups in total. The van der Waals surface area contributed by atoms with Gasteiger partial charge in [0.05, 0.1) is 6.42 Å². The number of nitrogens with zero attached hydrogens (tertiary/aromatic N) is 2. The minimum absolute atomic E-state index is 0.0150. The van der Waals surface area contributed by atoms with Crippen LogP contribution in [-0.4, -0.2) is 34.6 Å². The van der Waals surface area contributed by atoms with Crippen LogP contribution < -0.4 is 15.5 Å². The van der Waals surface area contributed by atoms with Crippen molar-refractivity contribution >= 4 is 29.4 Å². The molecule has 1 saturated heterocycles. The number of hydrogen-bond donors (Lipinski definition) is 3. The van der Waals surface area contributed by atoms with E-state index in [-0.39, 0.29) is 24.8 Å². The van der Waals surface area contributed by atoms with Gasteiger partial charge in [0.15, 0.2) is 5.82 Å². The highest BCUT2D eigenvalue weighted by Gasteiger charge is 2.28. The van der Waals surface area contributed by atoms with Crippen molar-refractivity contribution in [2.24, 2.45) is 0 Å². The molecule has 2 aliphatic rings. The molecule has 4 amide bonds. The van der Waals surface area contributed by atoms with Gasteiger partial charge in [-0.2, -0.15) is 5.10 Å². The number of nitrogens with one attached hydrogen (secondary N) is 3. The fourth-order valence-electron chi connectivity index (χ4n) is 2.82. The second kappa shape index (κ2) is 6.04. The molecule has 0 unspecified atom stereocenters. The van der Waals surface area contributed by atoms with Gasteiger partial charge < -0.3 is 5.32 Å². The van der Waals surface area contributed by atoms with Crippen LogP contribution in [0.25, 0.3) is 0 Å². The van der Waals surface area contributed by atoms with E-state index in [4.69, 9.17) is 0 Å². The Morgan fingerprint density at radius 2 is 2.00 bits per heavy atom. The van der Waals surface area contributed by atoms with E-state index >= 15 is 0 Å². The van der Waals surface area contributed by atoms with Crippen LogP contribution in [0.2, 0.25) is 0 Å². The zero-order valence-electron chi connectivity index (χ0n) is 13.4. The molecule has 0 atom stereocenters. The third kappa shape index (κ3) is 3.37. The summed E-state index contributed by atoms with van der Waals surface area (Å²) in [5, 5.41) is 12.1. The van der Waals surface area contributed by atoms with Crippen LogP contribution in [0.15, 0.2) is 30.3 Å². The number of anilines is 2. The Bertz CT molecular complexity index is 838. The van der Waals surface area contributed by atoms with Gasteiger partial charge >= 0.3 is 6.03 Å². The summed E-state index contributed by atoms with van der Waals surface area (Å²) in [5.41, 5.74) is 2.50. The van der Waals surface area contributed by atoms with Crippen LogP contribution in [0.5, 0.6) is 0 Å². The molecule has 1 aromatic carbocycles. The number of imide groups is 1. The maximum absolute atomic E-state index is 12.1. The average Bonchev–Trinajstić information content (AvgIpc) is 3.24. The minimum Gasteiger partial charge on any atom is -0.309 e. The number of H-pyrrole nitrogens is 1. The van der Waals surface area contributed by atoms with Gasteiger partial charge in [0.2, 0.25) is 11.8 Å². The van der Waals surface area contributed by atoms with Crippen LogP contribution in [0.1, 0.15) is 30.0 Å². The first-order valence-corrected chi connectivity index (χ1v) is 8.14. The predicted octanol–water partition coefficient (Wildman–Crippen LogP) is 1.52. The quantitative estimate of drug-likeness (QED) is 0.718. The molecule has 1 aliphatic heterocycles. The monoisotopic (exact) mass is 339 g/mol. The zero-order valence-corrected chi connectivity index (χ0v) is 13.4. The Balaban J connectivity index is 1.36. The van der Waals surface area contributed by atoms with E-state index in [1.165, 1.54) is 17.7 Å². The Morgan fingerprint density at radius 3 is 2.64 bits per heavy atom. The molecule has 2 aromatic rings. The van der Waals surface area contributed by atoms with Crippen molar-refractivity contribution in [1.29, 1.82) is 0 Å². The Labute approximate surface area is 143 Å². The fourth-order valence-corrected chi connectivity index (χ4v) is 2.82. The molecule has 1 saturated carbocycles. The molecule has 2 heterocycles. The lowest BCUT2D eigenvalue weighted by molar-refractivity contribution is -0.117. The maximum atomic E-state index is 12.1. The zero-order chi connectivity index (χ0) is 17.4. The van der Waals surface area contributed by atoms with Gasteiger partial charge in [0.25, 0.3) is 0 Å². The maximum Gasteiger partial charge on any atom is 0.329 e. The van der Waals surface area contributed by atoms with Gasteiger partial charge in [-0.15, -0.1) is 0 Å². The van der Waals surface area contributed by atoms with Gasteiger partial charge in [0.1, 0.15) is 6.54 Å². The van der Waals surface area contributed by atoms with Gasteiger partial charge in [-0.1, -0.05) is 12.1 Å². The number of carbonyl (C=O) groups is 3. The summed E-state index contributed by atoms with van der Waals surface area (Å²) in [7, 11) is 0. The number of hydrogen-bond acceptors (Lipinski definition) is 4. The normalized spacial score (nSPS) is 16.9. The van der Waals surface area contributed by atoms with Crippen LogP contribution in [0, 0.1) is 0 Å². The minimum atomic E-state index is -0.430. The van der Waals surface area contributed by atoms with Crippen LogP contribution in [0.3, 0.4) is 0 Å². The standard InChI is InChI=1S/C17H17N5O3/c23-15(18-14-8-13(20-21-14)11-3-4-11)7-10-1-5-12(6-2-10)22-9-16(24)19-17(22)25/h1-2,5-6,8,11H,3-4,7,9H2,(H,19,24,25)(H2,18,20,21,23). The second-order valence-corrected chi connectivity index (χ2v) is 6.31. The summed E-state index contributed by atoms with van der Waals surface area (Å²) >= 11 is 0. The molecule has 0 radical (unpaired) electrons. The van der Waals surface area contributed by atoms with E-state index in [1.807, 2.05) is 6.07 Å². The topological polar surface area (TPSA) is 107 Å². The molecule has 8 nitrogen and oxygen atoms in total. The summed E-state index contributed by atoms with van der Waals surface area (Å²) < 4.78 is 0. The first-order valence-electron chi connectivity index (χ1n) is 8.14. The molecule has 25 heavy (non-hydrogen) atoms. The Morgan fingerprint density at radius 1 is 1.24 bits per heavy atom. The smallest absolute Gasteiger partial charge is 0.309 e. The summed E-state index contributed by atoms with van der Waals surface area (Å²) in [5.74, 6) is 0.616. The van der Waals surface area contributed by atoms with Crippen molar-refractivity contribution in [3.05, 3.63) is 41.6 Å². The lowest BCUT2D eigenvalue weighted by Gasteiger charge is -2.13. The Kier molecular flexibility index (Phi) is 3.72. The Hall–Kier alpha value is -3.16. The van der Waals surface area contributed by atoms with Crippen LogP contribution >= 0.6 is 0 Å². The molecule has 8 heteroatoms. The van der Waals surface area contributed by atoms with Gasteiger partial charge in [-0.3, -0.25) is 24.9 Å². The highest BCUT2D eigenvalue weighted by molar-refractivity contribution is 6.12. The lowest BCUT2D eigenvalue weighted by Crippen LogP contribution is -2.27. The predicted molar refractivity (Wildman–Crippen MR) is 90.2 cm³/mol. The average molecular weight is 339 g/mol. The van der Waals surface area contributed by atoms with Crippen molar-refractivity contribution in [2.75, 3.05) is 16.8 Å². The number of benzene rings is 1. The second-order valence-electron chi connectivity index (χ2n) is 6.31. The lowest BCUT2D eigenvalue weighted by atomic mass is 10.1. The fraction of sp³-hybridized carbons (Fsp3) is 0.294. The molecular weight excluding hydrogens is 322 g/mol. The molecule has 1 aliphatic carbocycles. The largest absolute Gasteiger partial charge is 0.329 e. The van der Waals surface area contributed by atoms with E-state index < -0.39 is 6.03 Å². The van der Waals surface area contributed by atoms with Crippen molar-refractivity contribution in [2.45, 2.75) is 25.2 Å². The highest BCUT2D eigenvalue weighted by Crippen LogP contribution is 2.39. The molecule has 0 spiro atoms. The third-order valence-electron chi connectivity index (χ3n) is 4.29. The highest BCUT2D eigenvalue weighted by atomic mass is 16.2. The van der Waals surface area contributed by atoms with Crippen LogP contribution in [0.4, 0.5) is 16.3 Å². The summed E-state index contributed by atoms with van der Waals surface area (Å²) in [4.78, 5) is 36.3. The molecule has 2 fully saturated rings. The number of amides is 4. The van der Waals surface area contributed by atoms with E-state index in [0.717, 1.165) is 11.3 Å². The molecule has 1 aromatic heterocycles. The number of aromatic nitrogens is 2. The summed E-state index contributed by atoms with van der Waals surface area (Å²) in [6.45, 7) is 0.0150. The van der Waals surface area contributed by atoms with Crippen molar-refractivity contribution < 1.29 is 14.4 Å². The summed E-state index contributed by atoms with van der Waals surface area (Å²) in [6.07, 6.45) is 2.54. The summed E-state index contributed by atoms with van der Waals surface area (Å²) in [6, 6.07) is 8.43. The van der Waals surface area contributed by atoms with E-state index in [1.54, 1.807) is 24.3 Å². The van der Waals surface area contributed by atoms with Crippen molar-refractivity contribution in [1.82, 2.24) is 15.5 Å². The van der Waals surface area contributed by atoms with E-state index in [0.29, 0.717) is 17.4 Å². The van der Waals surface area contributed by atoms with E-state index in [9.17, 15) is 14.4 Å². The van der Waals surface area contributed by atoms with Gasteiger partial charge in [-0.25, -0.2) is 4.79 Å². The molecule has 128 valence electrons. The third-order valence-corrected chi connectivity index (χ3v) is 4.29. The van der Waals surface area contributed by atoms with Crippen LogP contribution in [-0.2, 0) is 16.0 Å². The SMILES string of the molecule is O=C1CN(c2ccc(CC(=O)Nc3cc(C4CC4)[nH]n3)cc2)C(=O)N1. The van der Waals surface area contributed by atoms with Gasteiger partial charge in [-0.05, 0) is 30.5 Å².